The number of anilines is 1. The van der Waals surface area contributed by atoms with Crippen molar-refractivity contribution >= 4 is 11.6 Å². The van der Waals surface area contributed by atoms with Gasteiger partial charge in [0.25, 0.3) is 5.91 Å². The molecule has 1 amide bonds. The summed E-state index contributed by atoms with van der Waals surface area (Å²) in [5.74, 6) is 0.738. The Kier molecular flexibility index (Phi) is 4.49. The summed E-state index contributed by atoms with van der Waals surface area (Å²) in [6.45, 7) is 3.12. The van der Waals surface area contributed by atoms with Gasteiger partial charge in [-0.05, 0) is 37.8 Å². The second kappa shape index (κ2) is 6.13. The van der Waals surface area contributed by atoms with Crippen LogP contribution in [0.5, 0.6) is 5.75 Å². The zero-order valence-electron chi connectivity index (χ0n) is 12.0. The van der Waals surface area contributed by atoms with Gasteiger partial charge in [-0.3, -0.25) is 4.79 Å². The van der Waals surface area contributed by atoms with E-state index in [1.807, 2.05) is 6.92 Å². The molecule has 0 aromatic heterocycles. The Balaban J connectivity index is 2.09. The average molecular weight is 278 g/mol. The van der Waals surface area contributed by atoms with Crippen LogP contribution in [-0.4, -0.2) is 42.2 Å². The molecule has 0 bridgehead atoms. The van der Waals surface area contributed by atoms with E-state index in [-0.39, 0.29) is 17.9 Å². The highest BCUT2D eigenvalue weighted by Crippen LogP contribution is 2.28. The number of carbonyl (C=O) groups excluding carboxylic acids is 1. The van der Waals surface area contributed by atoms with E-state index in [0.29, 0.717) is 30.1 Å². The number of carbonyl (C=O) groups is 1. The lowest BCUT2D eigenvalue weighted by atomic mass is 9.92. The van der Waals surface area contributed by atoms with E-state index in [1.54, 1.807) is 23.1 Å². The van der Waals surface area contributed by atoms with Gasteiger partial charge in [-0.15, -0.1) is 0 Å². The molecule has 1 aromatic carbocycles. The number of likely N-dealkylation sites (tertiary alicyclic amines) is 1. The number of methoxy groups -OCH3 is 1. The van der Waals surface area contributed by atoms with Crippen LogP contribution in [-0.2, 0) is 0 Å². The average Bonchev–Trinajstić information content (AvgIpc) is 2.47. The number of nitrogens with zero attached hydrogens (tertiary/aromatic N) is 1. The third kappa shape index (κ3) is 2.88. The van der Waals surface area contributed by atoms with Gasteiger partial charge in [-0.1, -0.05) is 6.07 Å². The van der Waals surface area contributed by atoms with E-state index in [4.69, 9.17) is 10.5 Å². The molecule has 1 saturated heterocycles. The summed E-state index contributed by atoms with van der Waals surface area (Å²) < 4.78 is 5.14. The fourth-order valence-electron chi connectivity index (χ4n) is 2.66. The first-order chi connectivity index (χ1) is 9.54. The van der Waals surface area contributed by atoms with Crippen molar-refractivity contribution in [3.05, 3.63) is 23.8 Å². The van der Waals surface area contributed by atoms with Gasteiger partial charge in [0.2, 0.25) is 0 Å². The minimum Gasteiger partial charge on any atom is -0.495 e. The van der Waals surface area contributed by atoms with Gasteiger partial charge in [0, 0.05) is 13.1 Å². The summed E-state index contributed by atoms with van der Waals surface area (Å²) >= 11 is 0. The van der Waals surface area contributed by atoms with Gasteiger partial charge in [0.05, 0.1) is 24.5 Å². The minimum absolute atomic E-state index is 0.0644. The number of rotatable bonds is 3. The lowest BCUT2D eigenvalue weighted by molar-refractivity contribution is 0.0522. The number of benzene rings is 1. The molecule has 0 radical (unpaired) electrons. The number of piperidine rings is 1. The maximum absolute atomic E-state index is 12.5. The molecule has 1 aliphatic rings. The molecule has 2 rings (SSSR count). The molecule has 5 nitrogen and oxygen atoms in total. The smallest absolute Gasteiger partial charge is 0.256 e. The first-order valence-electron chi connectivity index (χ1n) is 6.94. The van der Waals surface area contributed by atoms with E-state index in [9.17, 15) is 9.90 Å². The van der Waals surface area contributed by atoms with Crippen LogP contribution in [0.15, 0.2) is 18.2 Å². The van der Waals surface area contributed by atoms with E-state index in [1.165, 1.54) is 7.11 Å². The van der Waals surface area contributed by atoms with Gasteiger partial charge in [-0.25, -0.2) is 0 Å². The normalized spacial score (nSPS) is 17.9. The third-order valence-corrected chi connectivity index (χ3v) is 4.03. The van der Waals surface area contributed by atoms with Gasteiger partial charge in [-0.2, -0.15) is 0 Å². The number of nitrogen functional groups attached to an aromatic ring is 1. The number of amides is 1. The fraction of sp³-hybridized carbons (Fsp3) is 0.533. The monoisotopic (exact) mass is 278 g/mol. The van der Waals surface area contributed by atoms with Crippen LogP contribution < -0.4 is 10.5 Å². The zero-order chi connectivity index (χ0) is 14.7. The summed E-state index contributed by atoms with van der Waals surface area (Å²) in [6.07, 6.45) is 1.34. The Labute approximate surface area is 119 Å². The molecule has 1 atom stereocenters. The van der Waals surface area contributed by atoms with Crippen molar-refractivity contribution in [2.24, 2.45) is 5.92 Å². The molecule has 0 saturated carbocycles. The van der Waals surface area contributed by atoms with Gasteiger partial charge in [0.1, 0.15) is 5.75 Å². The molecule has 3 N–H and O–H groups in total. The van der Waals surface area contributed by atoms with Crippen LogP contribution in [0.25, 0.3) is 0 Å². The maximum Gasteiger partial charge on any atom is 0.256 e. The van der Waals surface area contributed by atoms with Gasteiger partial charge in [0.15, 0.2) is 0 Å². The second-order valence-corrected chi connectivity index (χ2v) is 5.29. The highest BCUT2D eigenvalue weighted by atomic mass is 16.5. The molecule has 110 valence electrons. The predicted octanol–water partition coefficient (Wildman–Crippen LogP) is 1.51. The highest BCUT2D eigenvalue weighted by molar-refractivity contribution is 6.00. The van der Waals surface area contributed by atoms with Crippen molar-refractivity contribution in [3.63, 3.8) is 0 Å². The van der Waals surface area contributed by atoms with E-state index >= 15 is 0 Å². The Morgan fingerprint density at radius 1 is 1.45 bits per heavy atom. The van der Waals surface area contributed by atoms with Gasteiger partial charge < -0.3 is 20.5 Å². The molecule has 1 fully saturated rings. The van der Waals surface area contributed by atoms with Crippen molar-refractivity contribution in [2.45, 2.75) is 25.9 Å². The first-order valence-corrected chi connectivity index (χ1v) is 6.94. The van der Waals surface area contributed by atoms with Crippen molar-refractivity contribution in [1.29, 1.82) is 0 Å². The predicted molar refractivity (Wildman–Crippen MR) is 77.7 cm³/mol. The lowest BCUT2D eigenvalue weighted by Crippen LogP contribution is -2.41. The van der Waals surface area contributed by atoms with E-state index in [2.05, 4.69) is 0 Å². The topological polar surface area (TPSA) is 75.8 Å². The van der Waals surface area contributed by atoms with Crippen LogP contribution in [0, 0.1) is 5.92 Å². The van der Waals surface area contributed by atoms with Crippen LogP contribution in [0.4, 0.5) is 5.69 Å². The number of hydrogen-bond donors (Lipinski definition) is 2. The largest absolute Gasteiger partial charge is 0.495 e. The first kappa shape index (κ1) is 14.7. The summed E-state index contributed by atoms with van der Waals surface area (Å²) in [7, 11) is 1.54. The maximum atomic E-state index is 12.5. The molecule has 1 aromatic rings. The number of para-hydroxylation sites is 1. The highest BCUT2D eigenvalue weighted by Gasteiger charge is 2.27. The number of aliphatic hydroxyl groups is 1. The van der Waals surface area contributed by atoms with Crippen LogP contribution >= 0.6 is 0 Å². The Morgan fingerprint density at radius 2 is 2.10 bits per heavy atom. The lowest BCUT2D eigenvalue weighted by Gasteiger charge is -2.33. The minimum atomic E-state index is -0.311. The van der Waals surface area contributed by atoms with Crippen molar-refractivity contribution in [2.75, 3.05) is 25.9 Å². The fourth-order valence-corrected chi connectivity index (χ4v) is 2.66. The van der Waals surface area contributed by atoms with Crippen molar-refractivity contribution in [1.82, 2.24) is 4.90 Å². The molecule has 1 heterocycles. The number of nitrogens with two attached hydrogens (primary N) is 1. The molecule has 0 aliphatic carbocycles. The summed E-state index contributed by atoms with van der Waals surface area (Å²) in [6, 6.07) is 5.23. The second-order valence-electron chi connectivity index (χ2n) is 5.29. The molecule has 1 aliphatic heterocycles. The van der Waals surface area contributed by atoms with Crippen LogP contribution in [0.3, 0.4) is 0 Å². The molecule has 1 unspecified atom stereocenters. The number of ether oxygens (including phenoxy) is 1. The SMILES string of the molecule is COc1cccc(C(=O)N2CCC(C(C)O)CC2)c1N. The molecular formula is C15H22N2O3. The molecule has 5 heteroatoms. The molecular weight excluding hydrogens is 256 g/mol. The standard InChI is InChI=1S/C15H22N2O3/c1-10(18)11-6-8-17(9-7-11)15(19)12-4-3-5-13(20-2)14(12)16/h3-5,10-11,18H,6-9,16H2,1-2H3. The van der Waals surface area contributed by atoms with Crippen LogP contribution in [0.2, 0.25) is 0 Å². The van der Waals surface area contributed by atoms with Crippen molar-refractivity contribution < 1.29 is 14.6 Å². The molecule has 20 heavy (non-hydrogen) atoms. The third-order valence-electron chi connectivity index (χ3n) is 4.03. The molecule has 0 spiro atoms. The van der Waals surface area contributed by atoms with Gasteiger partial charge >= 0.3 is 0 Å². The Morgan fingerprint density at radius 3 is 2.65 bits per heavy atom. The van der Waals surface area contributed by atoms with E-state index < -0.39 is 0 Å². The quantitative estimate of drug-likeness (QED) is 0.822. The van der Waals surface area contributed by atoms with Crippen LogP contribution in [0.1, 0.15) is 30.1 Å². The summed E-state index contributed by atoms with van der Waals surface area (Å²) in [5, 5.41) is 9.59. The Bertz CT molecular complexity index is 480. The van der Waals surface area contributed by atoms with E-state index in [0.717, 1.165) is 12.8 Å². The zero-order valence-corrected chi connectivity index (χ0v) is 12.0. The number of hydrogen-bond acceptors (Lipinski definition) is 4. The van der Waals surface area contributed by atoms with Crippen molar-refractivity contribution in [3.8, 4) is 5.75 Å². The number of aliphatic hydroxyl groups excluding tert-OH is 1. The Hall–Kier alpha value is -1.75. The summed E-state index contributed by atoms with van der Waals surface area (Å²) in [4.78, 5) is 14.3. The summed E-state index contributed by atoms with van der Waals surface area (Å²) in [5.41, 5.74) is 6.84.